The first-order chi connectivity index (χ1) is 21.3. The monoisotopic (exact) mass is 610 g/mol. The van der Waals surface area contributed by atoms with Crippen molar-refractivity contribution in [2.75, 3.05) is 13.7 Å². The van der Waals surface area contributed by atoms with Crippen molar-refractivity contribution in [3.05, 3.63) is 76.9 Å². The molecule has 0 saturated heterocycles. The molecule has 5 aliphatic carbocycles. The van der Waals surface area contributed by atoms with Crippen LogP contribution in [0, 0.1) is 50.7 Å². The second-order valence-electron chi connectivity index (χ2n) is 15.7. The first kappa shape index (κ1) is 31.8. The maximum atomic E-state index is 13.5. The van der Waals surface area contributed by atoms with Crippen LogP contribution in [0.3, 0.4) is 0 Å². The lowest BCUT2D eigenvalue weighted by molar-refractivity contribution is -0.171. The molecular weight excluding hydrogens is 560 g/mol. The molecule has 0 spiro atoms. The van der Waals surface area contributed by atoms with Gasteiger partial charge >= 0.3 is 11.9 Å². The Morgan fingerprint density at radius 3 is 2.42 bits per heavy atom. The zero-order valence-electron chi connectivity index (χ0n) is 28.2. The largest absolute Gasteiger partial charge is 0.469 e. The maximum Gasteiger partial charge on any atom is 0.330 e. The third-order valence-corrected chi connectivity index (χ3v) is 13.8. The smallest absolute Gasteiger partial charge is 0.330 e. The van der Waals surface area contributed by atoms with E-state index < -0.39 is 16.2 Å². The van der Waals surface area contributed by atoms with Crippen LogP contribution in [0.1, 0.15) is 85.6 Å². The van der Waals surface area contributed by atoms with E-state index in [0.717, 1.165) is 55.9 Å². The number of fused-ring (bicyclic) bond motifs is 7. The highest BCUT2D eigenvalue weighted by Gasteiger charge is 2.69. The second kappa shape index (κ2) is 11.0. The number of allylic oxidation sites excluding steroid dienone is 4. The number of carbonyl (C=O) groups is 3. The van der Waals surface area contributed by atoms with Crippen LogP contribution in [0.5, 0.6) is 0 Å². The Morgan fingerprint density at radius 1 is 1.00 bits per heavy atom. The van der Waals surface area contributed by atoms with E-state index in [1.807, 2.05) is 30.3 Å². The van der Waals surface area contributed by atoms with Crippen molar-refractivity contribution in [3.63, 3.8) is 0 Å². The summed E-state index contributed by atoms with van der Waals surface area (Å²) < 4.78 is 11.4. The lowest BCUT2D eigenvalue weighted by Crippen LogP contribution is -2.62. The van der Waals surface area contributed by atoms with Crippen molar-refractivity contribution in [3.8, 4) is 0 Å². The van der Waals surface area contributed by atoms with E-state index in [2.05, 4.69) is 59.8 Å². The van der Waals surface area contributed by atoms with E-state index in [9.17, 15) is 14.4 Å². The van der Waals surface area contributed by atoms with Crippen LogP contribution in [-0.2, 0) is 23.9 Å². The van der Waals surface area contributed by atoms with Crippen LogP contribution >= 0.6 is 0 Å². The average Bonchev–Trinajstić information content (AvgIpc) is 3.27. The van der Waals surface area contributed by atoms with Crippen LogP contribution in [0.15, 0.2) is 71.4 Å². The highest BCUT2D eigenvalue weighted by Crippen LogP contribution is 2.75. The molecule has 1 aromatic rings. The van der Waals surface area contributed by atoms with E-state index in [1.54, 1.807) is 13.2 Å². The van der Waals surface area contributed by atoms with Crippen LogP contribution in [0.4, 0.5) is 0 Å². The summed E-state index contributed by atoms with van der Waals surface area (Å²) in [5, 5.41) is 0. The van der Waals surface area contributed by atoms with E-state index in [0.29, 0.717) is 11.8 Å². The Morgan fingerprint density at radius 2 is 1.73 bits per heavy atom. The normalized spacial score (nSPS) is 41.8. The van der Waals surface area contributed by atoms with Crippen molar-refractivity contribution >= 4 is 24.3 Å². The summed E-state index contributed by atoms with van der Waals surface area (Å²) in [5.41, 5.74) is 2.67. The average molecular weight is 611 g/mol. The first-order valence-electron chi connectivity index (χ1n) is 16.9. The Labute approximate surface area is 269 Å². The lowest BCUT2D eigenvalue weighted by atomic mass is 9.36. The first-order valence-corrected chi connectivity index (χ1v) is 16.9. The minimum Gasteiger partial charge on any atom is -0.469 e. The van der Waals surface area contributed by atoms with Gasteiger partial charge in [0, 0.05) is 16.9 Å². The molecule has 1 aromatic carbocycles. The molecule has 0 N–H and O–H groups in total. The van der Waals surface area contributed by atoms with Gasteiger partial charge in [0.2, 0.25) is 0 Å². The van der Waals surface area contributed by atoms with Gasteiger partial charge in [0.05, 0.1) is 12.5 Å². The molecule has 0 bridgehead atoms. The highest BCUT2D eigenvalue weighted by molar-refractivity contribution is 5.87. The zero-order valence-corrected chi connectivity index (χ0v) is 28.2. The number of rotatable bonds is 6. The SMILES string of the molecule is COC(=O)[C@]12CC[C@@H](C)[C@H](C)[C@@H]1C1=CC[C@@H]3[C@@]4(C)C(C=O)=C[C@@](C)(COC(=O)/C=C/c5ccccc5)C4=CC[C@@]3(C)[C@]1(C)CC2. The number of carbonyl (C=O) groups excluding carboxylic acids is 3. The van der Waals surface area contributed by atoms with Gasteiger partial charge in [-0.25, -0.2) is 4.79 Å². The molecule has 2 saturated carbocycles. The third-order valence-electron chi connectivity index (χ3n) is 13.8. The zero-order chi connectivity index (χ0) is 32.4. The van der Waals surface area contributed by atoms with Gasteiger partial charge in [-0.2, -0.15) is 0 Å². The Kier molecular flexibility index (Phi) is 7.73. The molecule has 9 atom stereocenters. The lowest BCUT2D eigenvalue weighted by Gasteiger charge is -2.67. The summed E-state index contributed by atoms with van der Waals surface area (Å²) >= 11 is 0. The van der Waals surface area contributed by atoms with Gasteiger partial charge in [-0.05, 0) is 97.2 Å². The van der Waals surface area contributed by atoms with Gasteiger partial charge in [-0.1, -0.05) is 94.3 Å². The van der Waals surface area contributed by atoms with Gasteiger partial charge < -0.3 is 9.47 Å². The van der Waals surface area contributed by atoms with Crippen LogP contribution in [0.2, 0.25) is 0 Å². The molecule has 45 heavy (non-hydrogen) atoms. The number of methoxy groups -OCH3 is 1. The highest BCUT2D eigenvalue weighted by atomic mass is 16.5. The van der Waals surface area contributed by atoms with E-state index in [-0.39, 0.29) is 41.2 Å². The standard InChI is InChI=1S/C40H50O5/c1-26-17-20-40(35(43)44-7)22-21-37(4)30(34(40)27(26)2)14-15-32-38(37,5)19-18-31-36(3,23-29(24-41)39(31,32)6)25-45-33(42)16-13-28-11-9-8-10-12-28/h8-14,16,18,23-24,26-27,32,34H,15,17,19-22,25H2,1-7H3/b16-13+/t26-,27+,32+,34-,36+,37-,38-,39+,40+/m1/s1. The molecule has 0 amide bonds. The summed E-state index contributed by atoms with van der Waals surface area (Å²) in [6, 6.07) is 9.70. The van der Waals surface area contributed by atoms with Gasteiger partial charge in [0.15, 0.2) is 0 Å². The second-order valence-corrected chi connectivity index (χ2v) is 15.7. The summed E-state index contributed by atoms with van der Waals surface area (Å²) in [4.78, 5) is 39.2. The summed E-state index contributed by atoms with van der Waals surface area (Å²) in [6.45, 7) is 14.1. The fraction of sp³-hybridized carbons (Fsp3) is 0.575. The van der Waals surface area contributed by atoms with Crippen molar-refractivity contribution < 1.29 is 23.9 Å². The number of benzene rings is 1. The van der Waals surface area contributed by atoms with Gasteiger partial charge in [-0.15, -0.1) is 0 Å². The Bertz CT molecular complexity index is 1520. The van der Waals surface area contributed by atoms with Crippen molar-refractivity contribution in [1.29, 1.82) is 0 Å². The van der Waals surface area contributed by atoms with Crippen LogP contribution < -0.4 is 0 Å². The molecule has 5 nitrogen and oxygen atoms in total. The van der Waals surface area contributed by atoms with Gasteiger partial charge in [-0.3, -0.25) is 9.59 Å². The van der Waals surface area contributed by atoms with E-state index in [4.69, 9.17) is 9.47 Å². The number of hydrogen-bond acceptors (Lipinski definition) is 5. The fourth-order valence-electron chi connectivity index (χ4n) is 10.9. The molecular formula is C40H50O5. The van der Waals surface area contributed by atoms with Crippen LogP contribution in [0.25, 0.3) is 6.08 Å². The molecule has 0 aliphatic heterocycles. The minimum absolute atomic E-state index is 0.0369. The number of hydrogen-bond donors (Lipinski definition) is 0. The molecule has 6 rings (SSSR count). The van der Waals surface area contributed by atoms with Crippen molar-refractivity contribution in [2.45, 2.75) is 80.1 Å². The molecule has 0 radical (unpaired) electrons. The number of esters is 2. The van der Waals surface area contributed by atoms with Crippen molar-refractivity contribution in [1.82, 2.24) is 0 Å². The third kappa shape index (κ3) is 4.42. The Hall–Kier alpha value is -3.21. The molecule has 2 fully saturated rings. The fourth-order valence-corrected chi connectivity index (χ4v) is 10.9. The molecule has 5 heteroatoms. The quantitative estimate of drug-likeness (QED) is 0.140. The predicted octanol–water partition coefficient (Wildman–Crippen LogP) is 8.32. The summed E-state index contributed by atoms with van der Waals surface area (Å²) in [5.74, 6) is 0.877. The maximum absolute atomic E-state index is 13.5. The molecule has 5 aliphatic rings. The molecule has 240 valence electrons. The summed E-state index contributed by atoms with van der Waals surface area (Å²) in [7, 11) is 1.55. The van der Waals surface area contributed by atoms with Gasteiger partial charge in [0.25, 0.3) is 0 Å². The van der Waals surface area contributed by atoms with E-state index in [1.165, 1.54) is 17.2 Å². The molecule has 0 unspecified atom stereocenters. The minimum atomic E-state index is -0.562. The topological polar surface area (TPSA) is 69.7 Å². The number of ether oxygens (including phenoxy) is 2. The Balaban J connectivity index is 1.33. The van der Waals surface area contributed by atoms with Crippen LogP contribution in [-0.4, -0.2) is 31.9 Å². The predicted molar refractivity (Wildman–Crippen MR) is 177 cm³/mol. The number of aldehydes is 1. The van der Waals surface area contributed by atoms with Gasteiger partial charge in [0.1, 0.15) is 12.9 Å². The summed E-state index contributed by atoms with van der Waals surface area (Å²) in [6.07, 6.45) is 16.7. The molecule has 0 heterocycles. The van der Waals surface area contributed by atoms with E-state index >= 15 is 0 Å². The van der Waals surface area contributed by atoms with Crippen molar-refractivity contribution in [2.24, 2.45) is 50.7 Å². The molecule has 0 aromatic heterocycles.